The summed E-state index contributed by atoms with van der Waals surface area (Å²) in [7, 11) is 0. The van der Waals surface area contributed by atoms with Crippen LogP contribution >= 0.6 is 0 Å². The fourth-order valence-electron chi connectivity index (χ4n) is 7.65. The second-order valence-electron chi connectivity index (χ2n) is 16.9. The van der Waals surface area contributed by atoms with Gasteiger partial charge in [-0.2, -0.15) is 0 Å². The van der Waals surface area contributed by atoms with E-state index in [1.54, 1.807) is 0 Å². The fraction of sp³-hybridized carbons (Fsp3) is 0.900. The highest BCUT2D eigenvalue weighted by atomic mass is 16.5. The van der Waals surface area contributed by atoms with Gasteiger partial charge < -0.3 is 19.1 Å². The number of carbonyl (C=O) groups excluding carboxylic acids is 3. The Bertz CT molecular complexity index is 922. The molecule has 0 rings (SSSR count). The van der Waals surface area contributed by atoms with Gasteiger partial charge in [0.05, 0.1) is 31.7 Å². The van der Waals surface area contributed by atoms with Crippen LogP contribution in [0.3, 0.4) is 0 Å². The molecule has 57 heavy (non-hydrogen) atoms. The van der Waals surface area contributed by atoms with Gasteiger partial charge >= 0.3 is 17.9 Å². The van der Waals surface area contributed by atoms with E-state index in [2.05, 4.69) is 44.7 Å². The third kappa shape index (κ3) is 38.1. The van der Waals surface area contributed by atoms with Crippen LogP contribution in [-0.4, -0.2) is 62.3 Å². The van der Waals surface area contributed by atoms with E-state index < -0.39 is 0 Å². The molecule has 0 radical (unpaired) electrons. The molecule has 0 heterocycles. The van der Waals surface area contributed by atoms with Crippen molar-refractivity contribution in [2.45, 2.75) is 240 Å². The molecule has 0 aliphatic heterocycles. The molecule has 336 valence electrons. The normalized spacial score (nSPS) is 12.7. The molecule has 0 aromatic heterocycles. The number of nitrogens with zero attached hydrogens (tertiary/aromatic N) is 1. The number of rotatable bonds is 44. The van der Waals surface area contributed by atoms with E-state index in [-0.39, 0.29) is 29.7 Å². The van der Waals surface area contributed by atoms with Gasteiger partial charge in [0.1, 0.15) is 0 Å². The van der Waals surface area contributed by atoms with Crippen LogP contribution in [0.4, 0.5) is 0 Å². The van der Waals surface area contributed by atoms with Crippen LogP contribution < -0.4 is 0 Å². The molecule has 0 N–H and O–H groups in total. The van der Waals surface area contributed by atoms with Gasteiger partial charge in [0.15, 0.2) is 0 Å². The summed E-state index contributed by atoms with van der Waals surface area (Å²) >= 11 is 0. The minimum Gasteiger partial charge on any atom is -0.466 e. The van der Waals surface area contributed by atoms with Crippen molar-refractivity contribution in [3.63, 3.8) is 0 Å². The number of esters is 3. The summed E-state index contributed by atoms with van der Waals surface area (Å²) in [4.78, 5) is 39.8. The lowest BCUT2D eigenvalue weighted by Crippen LogP contribution is -2.27. The van der Waals surface area contributed by atoms with Crippen molar-refractivity contribution in [1.82, 2.24) is 4.90 Å². The van der Waals surface area contributed by atoms with Crippen LogP contribution in [0, 0.1) is 11.8 Å². The summed E-state index contributed by atoms with van der Waals surface area (Å²) in [5.41, 5.74) is 0. The maximum Gasteiger partial charge on any atom is 0.308 e. The highest BCUT2D eigenvalue weighted by molar-refractivity contribution is 5.72. The smallest absolute Gasteiger partial charge is 0.308 e. The van der Waals surface area contributed by atoms with Crippen molar-refractivity contribution in [2.75, 3.05) is 39.5 Å². The molecule has 2 unspecified atom stereocenters. The van der Waals surface area contributed by atoms with Gasteiger partial charge in [0, 0.05) is 6.92 Å². The molecular weight excluding hydrogens is 711 g/mol. The highest BCUT2D eigenvalue weighted by Crippen LogP contribution is 2.22. The Labute approximate surface area is 354 Å². The summed E-state index contributed by atoms with van der Waals surface area (Å²) < 4.78 is 16.8. The molecule has 0 saturated carbocycles. The molecule has 0 saturated heterocycles. The summed E-state index contributed by atoms with van der Waals surface area (Å²) in [6.45, 7) is 15.1. The van der Waals surface area contributed by atoms with E-state index in [0.29, 0.717) is 19.8 Å². The van der Waals surface area contributed by atoms with Crippen LogP contribution in [0.5, 0.6) is 0 Å². The zero-order valence-corrected chi connectivity index (χ0v) is 38.6. The van der Waals surface area contributed by atoms with E-state index in [9.17, 15) is 14.4 Å². The standard InChI is InChI=1S/C50H95NO6/c1-6-10-14-18-20-28-38-47(36-26-16-12-8-3)49(53)56-44-33-24-22-30-40-51(42-32-35-43-55-46(5)52)41-31-23-25-34-45-57-50(54)48(37-27-17-13-9-4)39-29-21-19-15-11-7-2/h12,16,47-48H,6-11,13-15,17-45H2,1-5H3/b16-12+. The first-order valence-corrected chi connectivity index (χ1v) is 24.7. The van der Waals surface area contributed by atoms with Gasteiger partial charge in [-0.15, -0.1) is 0 Å². The Balaban J connectivity index is 4.56. The van der Waals surface area contributed by atoms with Gasteiger partial charge in [0.25, 0.3) is 0 Å². The predicted octanol–water partition coefficient (Wildman–Crippen LogP) is 14.3. The molecule has 0 aliphatic rings. The highest BCUT2D eigenvalue weighted by Gasteiger charge is 2.20. The Kier molecular flexibility index (Phi) is 42.2. The van der Waals surface area contributed by atoms with Crippen molar-refractivity contribution >= 4 is 17.9 Å². The Morgan fingerprint density at radius 1 is 0.421 bits per heavy atom. The molecule has 2 atom stereocenters. The van der Waals surface area contributed by atoms with Gasteiger partial charge in [0.2, 0.25) is 0 Å². The van der Waals surface area contributed by atoms with Crippen molar-refractivity contribution in [2.24, 2.45) is 11.8 Å². The lowest BCUT2D eigenvalue weighted by atomic mass is 9.94. The molecule has 0 fully saturated rings. The van der Waals surface area contributed by atoms with E-state index in [4.69, 9.17) is 14.2 Å². The number of unbranched alkanes of at least 4 members (excludes halogenated alkanes) is 20. The van der Waals surface area contributed by atoms with Crippen LogP contribution in [-0.2, 0) is 28.6 Å². The third-order valence-corrected chi connectivity index (χ3v) is 11.4. The first kappa shape index (κ1) is 55.1. The van der Waals surface area contributed by atoms with Crippen LogP contribution in [0.2, 0.25) is 0 Å². The summed E-state index contributed by atoms with van der Waals surface area (Å²) in [6, 6.07) is 0. The molecule has 7 nitrogen and oxygen atoms in total. The number of carbonyl (C=O) groups is 3. The maximum absolute atomic E-state index is 13.0. The Hall–Kier alpha value is -1.89. The molecule has 0 bridgehead atoms. The first-order valence-electron chi connectivity index (χ1n) is 24.7. The topological polar surface area (TPSA) is 82.1 Å². The van der Waals surface area contributed by atoms with E-state index >= 15 is 0 Å². The minimum atomic E-state index is -0.207. The average Bonchev–Trinajstić information content (AvgIpc) is 3.20. The second kappa shape index (κ2) is 43.7. The SMILES string of the molecule is CC/C=C/CCC(CCCCCCCC)C(=O)OCCCCCCN(CCCCCCOC(=O)C(CCCCCC)CCCCCCCC)CCCCOC(C)=O. The van der Waals surface area contributed by atoms with Crippen LogP contribution in [0.15, 0.2) is 12.2 Å². The Morgan fingerprint density at radius 3 is 1.23 bits per heavy atom. The lowest BCUT2D eigenvalue weighted by Gasteiger charge is -2.22. The van der Waals surface area contributed by atoms with E-state index in [1.807, 2.05) is 0 Å². The number of ether oxygens (including phenoxy) is 3. The van der Waals surface area contributed by atoms with Crippen LogP contribution in [0.1, 0.15) is 240 Å². The number of allylic oxidation sites excluding steroid dienone is 2. The maximum atomic E-state index is 13.0. The van der Waals surface area contributed by atoms with E-state index in [0.717, 1.165) is 142 Å². The molecule has 0 aromatic rings. The lowest BCUT2D eigenvalue weighted by molar-refractivity contribution is -0.150. The Morgan fingerprint density at radius 2 is 0.772 bits per heavy atom. The largest absolute Gasteiger partial charge is 0.466 e. The summed E-state index contributed by atoms with van der Waals surface area (Å²) in [5.74, 6) is -0.0499. The zero-order chi connectivity index (χ0) is 41.9. The third-order valence-electron chi connectivity index (χ3n) is 11.4. The first-order chi connectivity index (χ1) is 27.9. The van der Waals surface area contributed by atoms with E-state index in [1.165, 1.54) is 90.4 Å². The fourth-order valence-corrected chi connectivity index (χ4v) is 7.65. The molecule has 7 heteroatoms. The molecular formula is C50H95NO6. The molecule has 0 amide bonds. The summed E-state index contributed by atoms with van der Waals surface area (Å²) in [5, 5.41) is 0. The zero-order valence-electron chi connectivity index (χ0n) is 38.6. The van der Waals surface area contributed by atoms with Crippen molar-refractivity contribution in [3.05, 3.63) is 12.2 Å². The van der Waals surface area contributed by atoms with Crippen LogP contribution in [0.25, 0.3) is 0 Å². The molecule has 0 aliphatic carbocycles. The quantitative estimate of drug-likeness (QED) is 0.0262. The van der Waals surface area contributed by atoms with Gasteiger partial charge in [-0.05, 0) is 96.7 Å². The summed E-state index contributed by atoms with van der Waals surface area (Å²) in [6.07, 6.45) is 40.6. The number of hydrogen-bond acceptors (Lipinski definition) is 7. The molecule has 0 aromatic carbocycles. The van der Waals surface area contributed by atoms with Gasteiger partial charge in [-0.25, -0.2) is 0 Å². The molecule has 0 spiro atoms. The number of hydrogen-bond donors (Lipinski definition) is 0. The minimum absolute atomic E-state index is 0.0112. The predicted molar refractivity (Wildman–Crippen MR) is 242 cm³/mol. The average molecular weight is 806 g/mol. The van der Waals surface area contributed by atoms with Gasteiger partial charge in [-0.3, -0.25) is 14.4 Å². The monoisotopic (exact) mass is 806 g/mol. The van der Waals surface area contributed by atoms with Crippen molar-refractivity contribution in [3.8, 4) is 0 Å². The van der Waals surface area contributed by atoms with Crippen molar-refractivity contribution in [1.29, 1.82) is 0 Å². The van der Waals surface area contributed by atoms with Gasteiger partial charge in [-0.1, -0.05) is 168 Å². The van der Waals surface area contributed by atoms with Crippen molar-refractivity contribution < 1.29 is 28.6 Å². The second-order valence-corrected chi connectivity index (χ2v) is 16.9.